The van der Waals surface area contributed by atoms with E-state index >= 15 is 0 Å². The van der Waals surface area contributed by atoms with Crippen molar-refractivity contribution >= 4 is 34.6 Å². The number of halogens is 1. The lowest BCUT2D eigenvalue weighted by Crippen LogP contribution is -2.29. The number of nitrogens with zero attached hydrogens (tertiary/aromatic N) is 2. The van der Waals surface area contributed by atoms with Crippen LogP contribution in [0.2, 0.25) is 5.02 Å². The Balaban J connectivity index is 1.72. The molecule has 0 unspecified atom stereocenters. The molecule has 1 heterocycles. The number of hydrogen-bond acceptors (Lipinski definition) is 2. The van der Waals surface area contributed by atoms with Gasteiger partial charge in [-0.15, -0.1) is 0 Å². The number of aromatic nitrogens is 2. The van der Waals surface area contributed by atoms with E-state index in [1.807, 2.05) is 48.9 Å². The summed E-state index contributed by atoms with van der Waals surface area (Å²) in [6.45, 7) is 5.51. The smallest absolute Gasteiger partial charge is 0.170 e. The van der Waals surface area contributed by atoms with E-state index < -0.39 is 0 Å². The Morgan fingerprint density at radius 2 is 2.00 bits per heavy atom. The van der Waals surface area contributed by atoms with Gasteiger partial charge in [-0.25, -0.2) is 0 Å². The van der Waals surface area contributed by atoms with Gasteiger partial charge in [0.25, 0.3) is 0 Å². The number of rotatable bonds is 5. The van der Waals surface area contributed by atoms with Crippen LogP contribution in [0.15, 0.2) is 30.3 Å². The summed E-state index contributed by atoms with van der Waals surface area (Å²) in [4.78, 5) is 0. The predicted molar refractivity (Wildman–Crippen MR) is 92.0 cm³/mol. The van der Waals surface area contributed by atoms with Crippen LogP contribution in [-0.4, -0.2) is 21.4 Å². The van der Waals surface area contributed by atoms with E-state index in [2.05, 4.69) is 15.7 Å². The van der Waals surface area contributed by atoms with E-state index in [4.69, 9.17) is 23.8 Å². The van der Waals surface area contributed by atoms with Crippen molar-refractivity contribution in [2.75, 3.05) is 11.9 Å². The molecule has 0 amide bonds. The Labute approximate surface area is 135 Å². The van der Waals surface area contributed by atoms with Crippen LogP contribution in [0, 0.1) is 13.8 Å². The van der Waals surface area contributed by atoms with E-state index in [9.17, 15) is 0 Å². The van der Waals surface area contributed by atoms with Crippen molar-refractivity contribution in [1.82, 2.24) is 15.1 Å². The summed E-state index contributed by atoms with van der Waals surface area (Å²) in [5.41, 5.74) is 2.88. The summed E-state index contributed by atoms with van der Waals surface area (Å²) in [5.74, 6) is 0. The first-order valence-electron chi connectivity index (χ1n) is 6.87. The average molecular weight is 323 g/mol. The van der Waals surface area contributed by atoms with Gasteiger partial charge in [0.1, 0.15) is 0 Å². The number of thiocarbonyl (C=S) groups is 1. The first kappa shape index (κ1) is 15.8. The molecular formula is C15H19ClN4S. The van der Waals surface area contributed by atoms with Crippen LogP contribution < -0.4 is 10.6 Å². The molecule has 0 atom stereocenters. The van der Waals surface area contributed by atoms with Crippen molar-refractivity contribution in [2.24, 2.45) is 0 Å². The lowest BCUT2D eigenvalue weighted by atomic mass is 10.3. The van der Waals surface area contributed by atoms with Gasteiger partial charge in [0, 0.05) is 18.8 Å². The van der Waals surface area contributed by atoms with Crippen molar-refractivity contribution in [3.05, 3.63) is 46.7 Å². The minimum absolute atomic E-state index is 0.632. The molecule has 0 saturated heterocycles. The molecule has 0 radical (unpaired) electrons. The van der Waals surface area contributed by atoms with Crippen molar-refractivity contribution in [2.45, 2.75) is 26.8 Å². The highest BCUT2D eigenvalue weighted by Gasteiger charge is 2.08. The van der Waals surface area contributed by atoms with Gasteiger partial charge in [-0.3, -0.25) is 4.68 Å². The van der Waals surface area contributed by atoms with Crippen LogP contribution in [0.5, 0.6) is 0 Å². The van der Waals surface area contributed by atoms with Crippen LogP contribution in [0.3, 0.4) is 0 Å². The quantitative estimate of drug-likeness (QED) is 0.653. The molecule has 2 N–H and O–H groups in total. The second-order valence-electron chi connectivity index (χ2n) is 4.81. The Morgan fingerprint density at radius 1 is 1.29 bits per heavy atom. The molecule has 0 aliphatic rings. The maximum absolute atomic E-state index is 6.12. The van der Waals surface area contributed by atoms with Gasteiger partial charge >= 0.3 is 0 Å². The van der Waals surface area contributed by atoms with Gasteiger partial charge in [0.05, 0.1) is 16.4 Å². The largest absolute Gasteiger partial charge is 0.362 e. The highest BCUT2D eigenvalue weighted by atomic mass is 35.5. The molecule has 112 valence electrons. The zero-order chi connectivity index (χ0) is 15.2. The Morgan fingerprint density at radius 3 is 2.62 bits per heavy atom. The number of hydrogen-bond donors (Lipinski definition) is 2. The maximum Gasteiger partial charge on any atom is 0.170 e. The van der Waals surface area contributed by atoms with Gasteiger partial charge in [-0.05, 0) is 44.6 Å². The minimum atomic E-state index is 0.632. The molecule has 1 aromatic carbocycles. The van der Waals surface area contributed by atoms with Crippen molar-refractivity contribution < 1.29 is 0 Å². The SMILES string of the molecule is Cc1nn(CCCNC(=S)Nc2ccccc2)c(C)c1Cl. The van der Waals surface area contributed by atoms with Crippen LogP contribution in [0.25, 0.3) is 0 Å². The molecule has 0 spiro atoms. The summed E-state index contributed by atoms with van der Waals surface area (Å²) >= 11 is 11.4. The van der Waals surface area contributed by atoms with Crippen molar-refractivity contribution in [3.63, 3.8) is 0 Å². The summed E-state index contributed by atoms with van der Waals surface area (Å²) < 4.78 is 1.94. The second kappa shape index (κ2) is 7.43. The van der Waals surface area contributed by atoms with Crippen LogP contribution in [0.1, 0.15) is 17.8 Å². The fourth-order valence-electron chi connectivity index (χ4n) is 2.02. The first-order valence-corrected chi connectivity index (χ1v) is 7.66. The average Bonchev–Trinajstić information content (AvgIpc) is 2.72. The number of benzene rings is 1. The minimum Gasteiger partial charge on any atom is -0.362 e. The molecular weight excluding hydrogens is 304 g/mol. The normalized spacial score (nSPS) is 10.4. The second-order valence-corrected chi connectivity index (χ2v) is 5.59. The van der Waals surface area contributed by atoms with Crippen molar-refractivity contribution in [3.8, 4) is 0 Å². The molecule has 2 aromatic rings. The third-order valence-electron chi connectivity index (χ3n) is 3.16. The lowest BCUT2D eigenvalue weighted by Gasteiger charge is -2.10. The summed E-state index contributed by atoms with van der Waals surface area (Å²) in [6.07, 6.45) is 0.925. The molecule has 0 aliphatic carbocycles. The molecule has 6 heteroatoms. The highest BCUT2D eigenvalue weighted by Crippen LogP contribution is 2.18. The van der Waals surface area contributed by atoms with E-state index in [1.165, 1.54) is 0 Å². The van der Waals surface area contributed by atoms with Crippen molar-refractivity contribution in [1.29, 1.82) is 0 Å². The molecule has 2 rings (SSSR count). The van der Waals surface area contributed by atoms with Crippen LogP contribution in [-0.2, 0) is 6.54 Å². The highest BCUT2D eigenvalue weighted by molar-refractivity contribution is 7.80. The molecule has 1 aromatic heterocycles. The summed E-state index contributed by atoms with van der Waals surface area (Å²) in [6, 6.07) is 9.87. The molecule has 0 saturated carbocycles. The topological polar surface area (TPSA) is 41.9 Å². The van der Waals surface area contributed by atoms with E-state index in [0.29, 0.717) is 5.11 Å². The molecule has 4 nitrogen and oxygen atoms in total. The predicted octanol–water partition coefficient (Wildman–Crippen LogP) is 3.53. The molecule has 0 bridgehead atoms. The fraction of sp³-hybridized carbons (Fsp3) is 0.333. The number of para-hydroxylation sites is 1. The Bertz CT molecular complexity index is 610. The zero-order valence-corrected chi connectivity index (χ0v) is 13.8. The zero-order valence-electron chi connectivity index (χ0n) is 12.2. The molecule has 0 aliphatic heterocycles. The molecule has 21 heavy (non-hydrogen) atoms. The van der Waals surface area contributed by atoms with E-state index in [0.717, 1.165) is 41.6 Å². The van der Waals surface area contributed by atoms with Gasteiger partial charge < -0.3 is 10.6 Å². The molecule has 0 fully saturated rings. The van der Waals surface area contributed by atoms with Gasteiger partial charge in [0.2, 0.25) is 0 Å². The number of anilines is 1. The van der Waals surface area contributed by atoms with Crippen LogP contribution >= 0.6 is 23.8 Å². The third kappa shape index (κ3) is 4.44. The Hall–Kier alpha value is -1.59. The van der Waals surface area contributed by atoms with E-state index in [-0.39, 0.29) is 0 Å². The number of aryl methyl sites for hydroxylation is 2. The summed E-state index contributed by atoms with van der Waals surface area (Å²) in [7, 11) is 0. The van der Waals surface area contributed by atoms with Crippen LogP contribution in [0.4, 0.5) is 5.69 Å². The standard InChI is InChI=1S/C15H19ClN4S/c1-11-14(16)12(2)20(19-11)10-6-9-17-15(21)18-13-7-4-3-5-8-13/h3-5,7-8H,6,9-10H2,1-2H3,(H2,17,18,21). The third-order valence-corrected chi connectivity index (χ3v) is 3.95. The lowest BCUT2D eigenvalue weighted by molar-refractivity contribution is 0.558. The maximum atomic E-state index is 6.12. The number of nitrogens with one attached hydrogen (secondary N) is 2. The van der Waals surface area contributed by atoms with Gasteiger partial charge in [0.15, 0.2) is 5.11 Å². The van der Waals surface area contributed by atoms with Gasteiger partial charge in [-0.2, -0.15) is 5.10 Å². The summed E-state index contributed by atoms with van der Waals surface area (Å²) in [5, 5.41) is 12.1. The fourth-order valence-corrected chi connectivity index (χ4v) is 2.38. The monoisotopic (exact) mass is 322 g/mol. The van der Waals surface area contributed by atoms with Gasteiger partial charge in [-0.1, -0.05) is 29.8 Å². The Kier molecular flexibility index (Phi) is 5.59. The van der Waals surface area contributed by atoms with E-state index in [1.54, 1.807) is 0 Å². The first-order chi connectivity index (χ1) is 10.1.